The van der Waals surface area contributed by atoms with E-state index < -0.39 is 17.6 Å². The molecule has 0 atom stereocenters. The van der Waals surface area contributed by atoms with Crippen LogP contribution in [-0.2, 0) is 13.2 Å². The van der Waals surface area contributed by atoms with E-state index in [1.54, 1.807) is 55.5 Å². The Bertz CT molecular complexity index is 1620. The van der Waals surface area contributed by atoms with Crippen LogP contribution in [0.25, 0.3) is 22.6 Å². The van der Waals surface area contributed by atoms with Gasteiger partial charge in [-0.15, -0.1) is 0 Å². The standard InChI is InChI=1S/C26H19F3N6O2/c1-15-8-9-16(24(36)32-19-7-3-6-18(12-19)26(27,28)29)11-20(15)37-25-21-23(35(2)14-31-21)33-22(34-25)17-5-4-10-30-13-17/h3-14H,1-2H3,(H,32,36). The number of halogens is 3. The van der Waals surface area contributed by atoms with E-state index in [2.05, 4.69) is 25.3 Å². The van der Waals surface area contributed by atoms with Crippen molar-refractivity contribution in [1.29, 1.82) is 0 Å². The van der Waals surface area contributed by atoms with Crippen LogP contribution in [0.1, 0.15) is 21.5 Å². The number of nitrogens with one attached hydrogen (secondary N) is 1. The third-order valence-corrected chi connectivity index (χ3v) is 5.55. The van der Waals surface area contributed by atoms with Gasteiger partial charge in [0, 0.05) is 36.3 Å². The van der Waals surface area contributed by atoms with Crippen LogP contribution in [0.4, 0.5) is 18.9 Å². The first-order valence-corrected chi connectivity index (χ1v) is 11.1. The number of amides is 1. The van der Waals surface area contributed by atoms with Crippen molar-refractivity contribution in [2.45, 2.75) is 13.1 Å². The lowest BCUT2D eigenvalue weighted by Gasteiger charge is -2.13. The molecule has 3 aromatic heterocycles. The van der Waals surface area contributed by atoms with Crippen LogP contribution in [0.3, 0.4) is 0 Å². The molecular formula is C26H19F3N6O2. The van der Waals surface area contributed by atoms with Crippen LogP contribution in [0, 0.1) is 6.92 Å². The van der Waals surface area contributed by atoms with Crippen molar-refractivity contribution in [2.75, 3.05) is 5.32 Å². The van der Waals surface area contributed by atoms with E-state index in [-0.39, 0.29) is 17.1 Å². The van der Waals surface area contributed by atoms with E-state index in [0.717, 1.165) is 12.1 Å². The van der Waals surface area contributed by atoms with Gasteiger partial charge in [-0.3, -0.25) is 9.78 Å². The van der Waals surface area contributed by atoms with E-state index in [4.69, 9.17) is 4.74 Å². The predicted molar refractivity (Wildman–Crippen MR) is 130 cm³/mol. The number of pyridine rings is 1. The van der Waals surface area contributed by atoms with Gasteiger partial charge in [-0.25, -0.2) is 9.97 Å². The van der Waals surface area contributed by atoms with Crippen molar-refractivity contribution in [3.8, 4) is 23.0 Å². The van der Waals surface area contributed by atoms with Gasteiger partial charge in [0.2, 0.25) is 0 Å². The Labute approximate surface area is 208 Å². The van der Waals surface area contributed by atoms with Crippen molar-refractivity contribution in [1.82, 2.24) is 24.5 Å². The maximum Gasteiger partial charge on any atom is 0.416 e. The van der Waals surface area contributed by atoms with E-state index >= 15 is 0 Å². The van der Waals surface area contributed by atoms with Crippen molar-refractivity contribution in [3.63, 3.8) is 0 Å². The normalized spacial score (nSPS) is 11.5. The van der Waals surface area contributed by atoms with Gasteiger partial charge < -0.3 is 14.6 Å². The van der Waals surface area contributed by atoms with Gasteiger partial charge in [-0.1, -0.05) is 12.1 Å². The number of hydrogen-bond donors (Lipinski definition) is 1. The fourth-order valence-electron chi connectivity index (χ4n) is 3.61. The minimum absolute atomic E-state index is 0.0231. The maximum atomic E-state index is 13.0. The first kappa shape index (κ1) is 23.9. The van der Waals surface area contributed by atoms with Gasteiger partial charge in [0.05, 0.1) is 11.9 Å². The molecule has 1 N–H and O–H groups in total. The summed E-state index contributed by atoms with van der Waals surface area (Å²) in [6, 6.07) is 12.8. The third-order valence-electron chi connectivity index (χ3n) is 5.55. The molecule has 37 heavy (non-hydrogen) atoms. The molecule has 0 aliphatic carbocycles. The van der Waals surface area contributed by atoms with Gasteiger partial charge in [-0.2, -0.15) is 18.2 Å². The number of hydrogen-bond acceptors (Lipinski definition) is 6. The van der Waals surface area contributed by atoms with Crippen LogP contribution >= 0.6 is 0 Å². The zero-order valence-electron chi connectivity index (χ0n) is 19.6. The van der Waals surface area contributed by atoms with Crippen molar-refractivity contribution < 1.29 is 22.7 Å². The minimum Gasteiger partial charge on any atom is -0.437 e. The Morgan fingerprint density at radius 3 is 2.65 bits per heavy atom. The number of aryl methyl sites for hydroxylation is 2. The number of carbonyl (C=O) groups excluding carboxylic acids is 1. The zero-order valence-corrected chi connectivity index (χ0v) is 19.6. The summed E-state index contributed by atoms with van der Waals surface area (Å²) in [5, 5.41) is 2.50. The first-order valence-electron chi connectivity index (χ1n) is 11.1. The van der Waals surface area contributed by atoms with E-state index in [9.17, 15) is 18.0 Å². The molecule has 186 valence electrons. The smallest absolute Gasteiger partial charge is 0.416 e. The fourth-order valence-corrected chi connectivity index (χ4v) is 3.61. The van der Waals surface area contributed by atoms with Crippen molar-refractivity contribution in [3.05, 3.63) is 90.0 Å². The fraction of sp³-hybridized carbons (Fsp3) is 0.115. The number of rotatable bonds is 5. The molecule has 0 unspecified atom stereocenters. The summed E-state index contributed by atoms with van der Waals surface area (Å²) in [6.45, 7) is 1.79. The monoisotopic (exact) mass is 504 g/mol. The van der Waals surface area contributed by atoms with Crippen LogP contribution in [0.5, 0.6) is 11.6 Å². The third kappa shape index (κ3) is 4.96. The molecule has 5 aromatic rings. The number of imidazole rings is 1. The molecule has 1 amide bonds. The summed E-state index contributed by atoms with van der Waals surface area (Å²) >= 11 is 0. The Hall–Kier alpha value is -4.80. The molecule has 11 heteroatoms. The average molecular weight is 504 g/mol. The average Bonchev–Trinajstić information content (AvgIpc) is 3.26. The van der Waals surface area contributed by atoms with Gasteiger partial charge in [0.15, 0.2) is 17.0 Å². The highest BCUT2D eigenvalue weighted by Crippen LogP contribution is 2.33. The molecule has 8 nitrogen and oxygen atoms in total. The van der Waals surface area contributed by atoms with Crippen LogP contribution < -0.4 is 10.1 Å². The number of ether oxygens (including phenoxy) is 1. The van der Waals surface area contributed by atoms with Gasteiger partial charge in [-0.05, 0) is 55.0 Å². The van der Waals surface area contributed by atoms with Crippen LogP contribution in [-0.4, -0.2) is 30.4 Å². The van der Waals surface area contributed by atoms with Crippen LogP contribution in [0.2, 0.25) is 0 Å². The second-order valence-electron chi connectivity index (χ2n) is 8.24. The Kier molecular flexibility index (Phi) is 6.04. The molecular weight excluding hydrogens is 485 g/mol. The molecule has 2 aromatic carbocycles. The van der Waals surface area contributed by atoms with Crippen molar-refractivity contribution in [2.24, 2.45) is 7.05 Å². The predicted octanol–water partition coefficient (Wildman–Crippen LogP) is 5.80. The van der Waals surface area contributed by atoms with Crippen molar-refractivity contribution >= 4 is 22.8 Å². The highest BCUT2D eigenvalue weighted by Gasteiger charge is 2.30. The zero-order chi connectivity index (χ0) is 26.2. The summed E-state index contributed by atoms with van der Waals surface area (Å²) < 4.78 is 47.0. The second-order valence-corrected chi connectivity index (χ2v) is 8.24. The molecule has 0 aliphatic heterocycles. The highest BCUT2D eigenvalue weighted by atomic mass is 19.4. The summed E-state index contributed by atoms with van der Waals surface area (Å²) in [7, 11) is 1.79. The summed E-state index contributed by atoms with van der Waals surface area (Å²) in [5.74, 6) is 0.309. The quantitative estimate of drug-likeness (QED) is 0.325. The first-order chi connectivity index (χ1) is 17.7. The number of carbonyl (C=O) groups is 1. The van der Waals surface area contributed by atoms with Gasteiger partial charge in [0.1, 0.15) is 5.75 Å². The molecule has 5 rings (SSSR count). The molecule has 0 saturated carbocycles. The minimum atomic E-state index is -4.52. The maximum absolute atomic E-state index is 13.0. The lowest BCUT2D eigenvalue weighted by molar-refractivity contribution is -0.137. The molecule has 0 bridgehead atoms. The molecule has 0 radical (unpaired) electrons. The number of fused-ring (bicyclic) bond motifs is 1. The molecule has 0 spiro atoms. The summed E-state index contributed by atoms with van der Waals surface area (Å²) in [4.78, 5) is 30.4. The lowest BCUT2D eigenvalue weighted by atomic mass is 10.1. The number of nitrogens with zero attached hydrogens (tertiary/aromatic N) is 5. The summed E-state index contributed by atoms with van der Waals surface area (Å²) in [5.41, 5.74) is 1.72. The summed E-state index contributed by atoms with van der Waals surface area (Å²) in [6.07, 6.45) is 0.341. The van der Waals surface area contributed by atoms with E-state index in [0.29, 0.717) is 33.9 Å². The number of aromatic nitrogens is 5. The Morgan fingerprint density at radius 1 is 1.05 bits per heavy atom. The largest absolute Gasteiger partial charge is 0.437 e. The molecule has 3 heterocycles. The Balaban J connectivity index is 1.47. The number of alkyl halides is 3. The highest BCUT2D eigenvalue weighted by molar-refractivity contribution is 6.04. The molecule has 0 saturated heterocycles. The molecule has 0 aliphatic rings. The SMILES string of the molecule is Cc1ccc(C(=O)Nc2cccc(C(F)(F)F)c2)cc1Oc1nc(-c2cccnc2)nc2c1ncn2C. The van der Waals surface area contributed by atoms with E-state index in [1.165, 1.54) is 18.2 Å². The topological polar surface area (TPSA) is 94.8 Å². The Morgan fingerprint density at radius 2 is 1.89 bits per heavy atom. The second kappa shape index (κ2) is 9.34. The van der Waals surface area contributed by atoms with Gasteiger partial charge in [0.25, 0.3) is 11.8 Å². The van der Waals surface area contributed by atoms with E-state index in [1.807, 2.05) is 6.07 Å². The molecule has 0 fully saturated rings. The lowest BCUT2D eigenvalue weighted by Crippen LogP contribution is -2.13. The van der Waals surface area contributed by atoms with Crippen LogP contribution in [0.15, 0.2) is 73.3 Å². The number of anilines is 1. The number of benzene rings is 2. The van der Waals surface area contributed by atoms with Gasteiger partial charge >= 0.3 is 6.18 Å².